The Morgan fingerprint density at radius 3 is 2.84 bits per heavy atom. The number of hydrogen-bond donors (Lipinski definition) is 0. The van der Waals surface area contributed by atoms with Gasteiger partial charge in [0.1, 0.15) is 5.82 Å². The van der Waals surface area contributed by atoms with Gasteiger partial charge in [-0.3, -0.25) is 4.98 Å². The third kappa shape index (κ3) is 3.09. The van der Waals surface area contributed by atoms with Crippen LogP contribution in [0.15, 0.2) is 36.5 Å². The normalized spacial score (nSPS) is 10.3. The second-order valence-electron chi connectivity index (χ2n) is 3.78. The van der Waals surface area contributed by atoms with Crippen molar-refractivity contribution >= 4 is 17.6 Å². The fourth-order valence-corrected chi connectivity index (χ4v) is 1.82. The molecule has 0 radical (unpaired) electrons. The van der Waals surface area contributed by atoms with Crippen molar-refractivity contribution in [2.24, 2.45) is 0 Å². The van der Waals surface area contributed by atoms with Gasteiger partial charge in [-0.2, -0.15) is 0 Å². The number of carbonyl (C=O) groups excluding carboxylic acids is 1. The van der Waals surface area contributed by atoms with Gasteiger partial charge in [-0.1, -0.05) is 23.7 Å². The Hall–Kier alpha value is -1.94. The molecule has 19 heavy (non-hydrogen) atoms. The third-order valence-corrected chi connectivity index (χ3v) is 2.78. The SMILES string of the molecule is CCOC(=O)c1cnc(-c2cccc(F)c2)cc1Cl. The predicted octanol–water partition coefficient (Wildman–Crippen LogP) is 3.72. The number of hydrogen-bond acceptors (Lipinski definition) is 3. The van der Waals surface area contributed by atoms with Crippen LogP contribution in [0.5, 0.6) is 0 Å². The molecule has 0 amide bonds. The molecule has 3 nitrogen and oxygen atoms in total. The number of esters is 1. The molecule has 1 aromatic carbocycles. The summed E-state index contributed by atoms with van der Waals surface area (Å²) in [7, 11) is 0. The van der Waals surface area contributed by atoms with Gasteiger partial charge in [-0.05, 0) is 25.1 Å². The average molecular weight is 280 g/mol. The fraction of sp³-hybridized carbons (Fsp3) is 0.143. The maximum Gasteiger partial charge on any atom is 0.341 e. The van der Waals surface area contributed by atoms with E-state index in [0.29, 0.717) is 11.3 Å². The minimum atomic E-state index is -0.522. The first-order chi connectivity index (χ1) is 9.11. The fourth-order valence-electron chi connectivity index (χ4n) is 1.60. The van der Waals surface area contributed by atoms with Crippen molar-refractivity contribution in [3.8, 4) is 11.3 Å². The maximum atomic E-state index is 13.1. The summed E-state index contributed by atoms with van der Waals surface area (Å²) in [6, 6.07) is 7.51. The number of rotatable bonds is 3. The molecular weight excluding hydrogens is 269 g/mol. The van der Waals surface area contributed by atoms with E-state index in [0.717, 1.165) is 0 Å². The van der Waals surface area contributed by atoms with E-state index in [9.17, 15) is 9.18 Å². The van der Waals surface area contributed by atoms with Gasteiger partial charge >= 0.3 is 5.97 Å². The van der Waals surface area contributed by atoms with Crippen LogP contribution >= 0.6 is 11.6 Å². The molecule has 0 spiro atoms. The van der Waals surface area contributed by atoms with Crippen LogP contribution in [0.4, 0.5) is 4.39 Å². The highest BCUT2D eigenvalue weighted by Crippen LogP contribution is 2.24. The van der Waals surface area contributed by atoms with Crippen LogP contribution < -0.4 is 0 Å². The minimum Gasteiger partial charge on any atom is -0.462 e. The van der Waals surface area contributed by atoms with Crippen molar-refractivity contribution in [3.05, 3.63) is 52.9 Å². The summed E-state index contributed by atoms with van der Waals surface area (Å²) >= 11 is 6.02. The molecule has 0 saturated carbocycles. The molecule has 0 saturated heterocycles. The highest BCUT2D eigenvalue weighted by atomic mass is 35.5. The van der Waals surface area contributed by atoms with Crippen molar-refractivity contribution in [3.63, 3.8) is 0 Å². The quantitative estimate of drug-likeness (QED) is 0.804. The van der Waals surface area contributed by atoms with E-state index in [2.05, 4.69) is 4.98 Å². The van der Waals surface area contributed by atoms with Crippen LogP contribution in [0.1, 0.15) is 17.3 Å². The largest absolute Gasteiger partial charge is 0.462 e. The summed E-state index contributed by atoms with van der Waals surface area (Å²) < 4.78 is 18.0. The molecule has 0 unspecified atom stereocenters. The molecule has 1 heterocycles. The van der Waals surface area contributed by atoms with Crippen LogP contribution in [0.25, 0.3) is 11.3 Å². The molecule has 0 atom stereocenters. The van der Waals surface area contributed by atoms with Crippen LogP contribution in [0.2, 0.25) is 5.02 Å². The summed E-state index contributed by atoms with van der Waals surface area (Å²) in [5.74, 6) is -0.879. The molecule has 0 N–H and O–H groups in total. The first kappa shape index (κ1) is 13.5. The number of nitrogens with zero attached hydrogens (tertiary/aromatic N) is 1. The molecule has 2 aromatic rings. The van der Waals surface area contributed by atoms with Gasteiger partial charge in [0.15, 0.2) is 0 Å². The second kappa shape index (κ2) is 5.80. The Balaban J connectivity index is 2.36. The van der Waals surface area contributed by atoms with E-state index in [1.54, 1.807) is 19.1 Å². The van der Waals surface area contributed by atoms with E-state index >= 15 is 0 Å². The minimum absolute atomic E-state index is 0.198. The highest BCUT2D eigenvalue weighted by molar-refractivity contribution is 6.33. The zero-order chi connectivity index (χ0) is 13.8. The Kier molecular flexibility index (Phi) is 4.12. The molecule has 0 aliphatic carbocycles. The van der Waals surface area contributed by atoms with Crippen molar-refractivity contribution in [2.45, 2.75) is 6.92 Å². The Morgan fingerprint density at radius 2 is 2.21 bits per heavy atom. The monoisotopic (exact) mass is 279 g/mol. The summed E-state index contributed by atoms with van der Waals surface area (Å²) in [6.07, 6.45) is 1.33. The zero-order valence-electron chi connectivity index (χ0n) is 10.2. The second-order valence-corrected chi connectivity index (χ2v) is 4.19. The summed E-state index contributed by atoms with van der Waals surface area (Å²) in [6.45, 7) is 1.97. The number of halogens is 2. The lowest BCUT2D eigenvalue weighted by atomic mass is 10.1. The Morgan fingerprint density at radius 1 is 1.42 bits per heavy atom. The van der Waals surface area contributed by atoms with Gasteiger partial charge in [-0.25, -0.2) is 9.18 Å². The first-order valence-corrected chi connectivity index (χ1v) is 6.08. The number of ether oxygens (including phenoxy) is 1. The molecule has 0 aliphatic rings. The molecule has 98 valence electrons. The lowest BCUT2D eigenvalue weighted by molar-refractivity contribution is 0.0526. The topological polar surface area (TPSA) is 39.2 Å². The van der Waals surface area contributed by atoms with Gasteiger partial charge in [-0.15, -0.1) is 0 Å². The first-order valence-electron chi connectivity index (χ1n) is 5.70. The predicted molar refractivity (Wildman–Crippen MR) is 70.6 cm³/mol. The van der Waals surface area contributed by atoms with Crippen LogP contribution in [0, 0.1) is 5.82 Å². The lowest BCUT2D eigenvalue weighted by Crippen LogP contribution is -2.06. The van der Waals surface area contributed by atoms with Crippen molar-refractivity contribution in [1.82, 2.24) is 4.98 Å². The number of pyridine rings is 1. The zero-order valence-corrected chi connectivity index (χ0v) is 10.9. The lowest BCUT2D eigenvalue weighted by Gasteiger charge is -2.06. The number of carbonyl (C=O) groups is 1. The molecular formula is C14H11ClFNO2. The Bertz CT molecular complexity index is 616. The van der Waals surface area contributed by atoms with Crippen LogP contribution in [0.3, 0.4) is 0 Å². The van der Waals surface area contributed by atoms with E-state index in [-0.39, 0.29) is 23.0 Å². The summed E-state index contributed by atoms with van der Waals surface area (Å²) in [5, 5.41) is 0.229. The van der Waals surface area contributed by atoms with Crippen molar-refractivity contribution in [1.29, 1.82) is 0 Å². The molecule has 0 bridgehead atoms. The molecule has 0 aliphatic heterocycles. The smallest absolute Gasteiger partial charge is 0.341 e. The van der Waals surface area contributed by atoms with Gasteiger partial charge in [0.2, 0.25) is 0 Å². The van der Waals surface area contributed by atoms with E-state index in [4.69, 9.17) is 16.3 Å². The van der Waals surface area contributed by atoms with Crippen LogP contribution in [-0.4, -0.2) is 17.6 Å². The van der Waals surface area contributed by atoms with Crippen molar-refractivity contribution < 1.29 is 13.9 Å². The molecule has 0 fully saturated rings. The summed E-state index contributed by atoms with van der Waals surface area (Å²) in [5.41, 5.74) is 1.29. The maximum absolute atomic E-state index is 13.1. The van der Waals surface area contributed by atoms with E-state index < -0.39 is 5.97 Å². The van der Waals surface area contributed by atoms with E-state index in [1.807, 2.05) is 0 Å². The standard InChI is InChI=1S/C14H11ClFNO2/c1-2-19-14(18)11-8-17-13(7-12(11)15)9-4-3-5-10(16)6-9/h3-8H,2H2,1H3. The molecule has 1 aromatic heterocycles. The third-order valence-electron chi connectivity index (χ3n) is 2.47. The molecule has 5 heteroatoms. The van der Waals surface area contributed by atoms with E-state index in [1.165, 1.54) is 24.4 Å². The average Bonchev–Trinajstić information content (AvgIpc) is 2.38. The number of benzene rings is 1. The number of aromatic nitrogens is 1. The highest BCUT2D eigenvalue weighted by Gasteiger charge is 2.13. The van der Waals surface area contributed by atoms with Gasteiger partial charge in [0, 0.05) is 11.8 Å². The van der Waals surface area contributed by atoms with Crippen molar-refractivity contribution in [2.75, 3.05) is 6.61 Å². The van der Waals surface area contributed by atoms with Crippen LogP contribution in [-0.2, 0) is 4.74 Å². The van der Waals surface area contributed by atoms with Gasteiger partial charge in [0.25, 0.3) is 0 Å². The molecule has 2 rings (SSSR count). The van der Waals surface area contributed by atoms with Gasteiger partial charge in [0.05, 0.1) is 22.9 Å². The Labute approximate surface area is 115 Å². The van der Waals surface area contributed by atoms with Gasteiger partial charge < -0.3 is 4.74 Å². The summed E-state index contributed by atoms with van der Waals surface area (Å²) in [4.78, 5) is 15.7.